The van der Waals surface area contributed by atoms with E-state index >= 15 is 0 Å². The summed E-state index contributed by atoms with van der Waals surface area (Å²) in [6.07, 6.45) is 2.03. The molecule has 0 amide bonds. The van der Waals surface area contributed by atoms with Crippen LogP contribution in [0.25, 0.3) is 0 Å². The third-order valence-corrected chi connectivity index (χ3v) is 4.06. The van der Waals surface area contributed by atoms with Crippen LogP contribution in [-0.4, -0.2) is 23.8 Å². The summed E-state index contributed by atoms with van der Waals surface area (Å²) in [7, 11) is 1.96. The number of aromatic nitrogens is 2. The summed E-state index contributed by atoms with van der Waals surface area (Å²) in [6.45, 7) is 10.1. The normalized spacial score (nSPS) is 14.1. The number of likely N-dealkylation sites (N-methyl/N-ethyl adjacent to an activating group) is 1. The molecule has 0 aliphatic heterocycles. The van der Waals surface area contributed by atoms with Gasteiger partial charge in [0.25, 0.3) is 0 Å². The first-order valence-corrected chi connectivity index (χ1v) is 6.71. The van der Waals surface area contributed by atoms with Crippen molar-refractivity contribution in [3.05, 3.63) is 10.0 Å². The minimum absolute atomic E-state index is 0.344. The summed E-state index contributed by atoms with van der Waals surface area (Å²) < 4.78 is 0. The zero-order valence-electron chi connectivity index (χ0n) is 11.0. The van der Waals surface area contributed by atoms with E-state index in [1.165, 1.54) is 5.01 Å². The molecular weight excluding hydrogens is 218 g/mol. The van der Waals surface area contributed by atoms with E-state index in [-0.39, 0.29) is 0 Å². The van der Waals surface area contributed by atoms with Crippen LogP contribution in [0.1, 0.15) is 37.7 Å². The lowest BCUT2D eigenvalue weighted by molar-refractivity contribution is 0.259. The fourth-order valence-corrected chi connectivity index (χ4v) is 2.24. The highest BCUT2D eigenvalue weighted by Crippen LogP contribution is 2.29. The van der Waals surface area contributed by atoms with E-state index in [0.29, 0.717) is 11.3 Å². The molecule has 0 aliphatic rings. The highest BCUT2D eigenvalue weighted by Gasteiger charge is 2.21. The van der Waals surface area contributed by atoms with Gasteiger partial charge in [0.1, 0.15) is 10.0 Å². The van der Waals surface area contributed by atoms with Gasteiger partial charge in [0.2, 0.25) is 0 Å². The molecular formula is C12H23N3S. The van der Waals surface area contributed by atoms with Crippen molar-refractivity contribution < 1.29 is 0 Å². The Labute approximate surface area is 103 Å². The molecule has 0 fully saturated rings. The number of hydrogen-bond donors (Lipinski definition) is 1. The van der Waals surface area contributed by atoms with Crippen LogP contribution in [-0.2, 0) is 12.8 Å². The van der Waals surface area contributed by atoms with E-state index < -0.39 is 0 Å². The molecule has 1 aromatic rings. The van der Waals surface area contributed by atoms with Crippen molar-refractivity contribution in [1.29, 1.82) is 0 Å². The van der Waals surface area contributed by atoms with Gasteiger partial charge in [-0.3, -0.25) is 0 Å². The molecule has 3 nitrogen and oxygen atoms in total. The fourth-order valence-electron chi connectivity index (χ4n) is 1.27. The van der Waals surface area contributed by atoms with Gasteiger partial charge in [-0.2, -0.15) is 0 Å². The van der Waals surface area contributed by atoms with Gasteiger partial charge in [-0.05, 0) is 18.4 Å². The lowest BCUT2D eigenvalue weighted by Gasteiger charge is -2.26. The van der Waals surface area contributed by atoms with Gasteiger partial charge in [0, 0.05) is 19.4 Å². The molecule has 0 saturated heterocycles. The fraction of sp³-hybridized carbons (Fsp3) is 0.833. The maximum absolute atomic E-state index is 4.26. The van der Waals surface area contributed by atoms with Crippen molar-refractivity contribution in [2.45, 2.75) is 40.5 Å². The molecule has 1 rings (SSSR count). The van der Waals surface area contributed by atoms with Crippen molar-refractivity contribution in [1.82, 2.24) is 15.5 Å². The Bertz CT molecular complexity index is 314. The Kier molecular flexibility index (Phi) is 4.87. The van der Waals surface area contributed by atoms with Gasteiger partial charge < -0.3 is 5.32 Å². The Morgan fingerprint density at radius 1 is 1.25 bits per heavy atom. The molecule has 1 N–H and O–H groups in total. The van der Waals surface area contributed by atoms with Gasteiger partial charge >= 0.3 is 0 Å². The molecule has 0 radical (unpaired) electrons. The average Bonchev–Trinajstić information content (AvgIpc) is 2.61. The Morgan fingerprint density at radius 2 is 1.88 bits per heavy atom. The van der Waals surface area contributed by atoms with E-state index in [9.17, 15) is 0 Å². The molecule has 1 unspecified atom stereocenters. The zero-order chi connectivity index (χ0) is 12.2. The second kappa shape index (κ2) is 5.73. The van der Waals surface area contributed by atoms with Crippen molar-refractivity contribution in [2.24, 2.45) is 11.3 Å². The molecule has 0 aromatic carbocycles. The smallest absolute Gasteiger partial charge is 0.118 e. The molecule has 0 saturated carbocycles. The number of rotatable bonds is 5. The van der Waals surface area contributed by atoms with E-state index in [0.717, 1.165) is 24.4 Å². The van der Waals surface area contributed by atoms with Crippen molar-refractivity contribution in [3.8, 4) is 0 Å². The SMILES string of the molecule is CNCCc1nnc(CC(C)C(C)(C)C)s1. The molecule has 0 bridgehead atoms. The van der Waals surface area contributed by atoms with Crippen molar-refractivity contribution in [2.75, 3.05) is 13.6 Å². The molecule has 4 heteroatoms. The van der Waals surface area contributed by atoms with Gasteiger partial charge in [-0.1, -0.05) is 27.7 Å². The molecule has 1 heterocycles. The van der Waals surface area contributed by atoms with E-state index in [4.69, 9.17) is 0 Å². The summed E-state index contributed by atoms with van der Waals surface area (Å²) >= 11 is 1.76. The van der Waals surface area contributed by atoms with Crippen LogP contribution in [0.5, 0.6) is 0 Å². The zero-order valence-corrected chi connectivity index (χ0v) is 11.8. The predicted molar refractivity (Wildman–Crippen MR) is 69.9 cm³/mol. The van der Waals surface area contributed by atoms with Gasteiger partial charge in [0.05, 0.1) is 0 Å². The molecule has 92 valence electrons. The first-order chi connectivity index (χ1) is 7.43. The third kappa shape index (κ3) is 4.18. The van der Waals surface area contributed by atoms with Crippen LogP contribution in [0, 0.1) is 11.3 Å². The maximum atomic E-state index is 4.26. The highest BCUT2D eigenvalue weighted by molar-refractivity contribution is 7.11. The summed E-state index contributed by atoms with van der Waals surface area (Å²) in [5.41, 5.74) is 0.344. The van der Waals surface area contributed by atoms with E-state index in [2.05, 4.69) is 43.2 Å². The topological polar surface area (TPSA) is 37.8 Å². The number of hydrogen-bond acceptors (Lipinski definition) is 4. The maximum Gasteiger partial charge on any atom is 0.118 e. The Morgan fingerprint density at radius 3 is 2.44 bits per heavy atom. The summed E-state index contributed by atoms with van der Waals surface area (Å²) in [5.74, 6) is 0.637. The van der Waals surface area contributed by atoms with Crippen LogP contribution < -0.4 is 5.32 Å². The van der Waals surface area contributed by atoms with Crippen LogP contribution in [0.2, 0.25) is 0 Å². The molecule has 1 atom stereocenters. The first-order valence-electron chi connectivity index (χ1n) is 5.89. The summed E-state index contributed by atoms with van der Waals surface area (Å²) in [4.78, 5) is 0. The van der Waals surface area contributed by atoms with E-state index in [1.54, 1.807) is 11.3 Å². The number of nitrogens with one attached hydrogen (secondary N) is 1. The second-order valence-electron chi connectivity index (χ2n) is 5.41. The quantitative estimate of drug-likeness (QED) is 0.861. The van der Waals surface area contributed by atoms with E-state index in [1.807, 2.05) is 7.05 Å². The Hall–Kier alpha value is -0.480. The van der Waals surface area contributed by atoms with Crippen LogP contribution in [0.15, 0.2) is 0 Å². The van der Waals surface area contributed by atoms with Crippen LogP contribution in [0.3, 0.4) is 0 Å². The van der Waals surface area contributed by atoms with Crippen molar-refractivity contribution in [3.63, 3.8) is 0 Å². The average molecular weight is 241 g/mol. The van der Waals surface area contributed by atoms with Crippen LogP contribution >= 0.6 is 11.3 Å². The summed E-state index contributed by atoms with van der Waals surface area (Å²) in [5, 5.41) is 13.9. The molecule has 0 aliphatic carbocycles. The molecule has 1 aromatic heterocycles. The standard InChI is InChI=1S/C12H23N3S/c1-9(12(2,3)4)8-11-15-14-10(16-11)6-7-13-5/h9,13H,6-8H2,1-5H3. The molecule has 0 spiro atoms. The highest BCUT2D eigenvalue weighted by atomic mass is 32.1. The Balaban J connectivity index is 2.52. The third-order valence-electron chi connectivity index (χ3n) is 3.06. The van der Waals surface area contributed by atoms with Crippen LogP contribution in [0.4, 0.5) is 0 Å². The lowest BCUT2D eigenvalue weighted by atomic mass is 9.80. The monoisotopic (exact) mass is 241 g/mol. The van der Waals surface area contributed by atoms with Crippen molar-refractivity contribution >= 4 is 11.3 Å². The minimum atomic E-state index is 0.344. The van der Waals surface area contributed by atoms with Gasteiger partial charge in [-0.25, -0.2) is 0 Å². The second-order valence-corrected chi connectivity index (χ2v) is 6.56. The summed E-state index contributed by atoms with van der Waals surface area (Å²) in [6, 6.07) is 0. The minimum Gasteiger partial charge on any atom is -0.319 e. The first kappa shape index (κ1) is 13.6. The van der Waals surface area contributed by atoms with Gasteiger partial charge in [0.15, 0.2) is 0 Å². The lowest BCUT2D eigenvalue weighted by Crippen LogP contribution is -2.19. The van der Waals surface area contributed by atoms with Gasteiger partial charge in [-0.15, -0.1) is 21.5 Å². The largest absolute Gasteiger partial charge is 0.319 e. The predicted octanol–water partition coefficient (Wildman–Crippen LogP) is 2.52. The molecule has 16 heavy (non-hydrogen) atoms. The number of nitrogens with zero attached hydrogens (tertiary/aromatic N) is 2.